The minimum Gasteiger partial charge on any atom is -0.481 e. The lowest BCUT2D eigenvalue weighted by molar-refractivity contribution is -0.172. The van der Waals surface area contributed by atoms with Crippen molar-refractivity contribution in [3.8, 4) is 0 Å². The van der Waals surface area contributed by atoms with Crippen molar-refractivity contribution in [2.75, 3.05) is 26.7 Å². The molecule has 12 saturated carbocycles. The van der Waals surface area contributed by atoms with Gasteiger partial charge in [-0.15, -0.1) is 11.3 Å². The molecule has 0 spiro atoms. The van der Waals surface area contributed by atoms with Gasteiger partial charge in [0.1, 0.15) is 5.01 Å². The number of rotatable bonds is 9. The van der Waals surface area contributed by atoms with E-state index in [1.54, 1.807) is 0 Å². The second-order valence-corrected chi connectivity index (χ2v) is 22.9. The highest BCUT2D eigenvalue weighted by Gasteiger charge is 2.58. The summed E-state index contributed by atoms with van der Waals surface area (Å²) < 4.78 is 60.8. The number of Topliss-reactive ketones (excluding diaryl/α,β-unsaturated/α-hetero) is 1. The third kappa shape index (κ3) is 11.2. The molecule has 15 nitrogen and oxygen atoms in total. The van der Waals surface area contributed by atoms with Crippen LogP contribution in [0.1, 0.15) is 159 Å². The predicted octanol–water partition coefficient (Wildman–Crippen LogP) is 8.83. The number of thiocarbonyl (C=S) groups is 1. The number of aliphatic carboxylic acids is 2. The molecule has 70 heavy (non-hydrogen) atoms. The number of carbonyl (C=O) groups excluding carboxylic acids is 5. The van der Waals surface area contributed by atoms with Gasteiger partial charge >= 0.3 is 36.0 Å². The van der Waals surface area contributed by atoms with Crippen molar-refractivity contribution in [2.45, 2.75) is 166 Å². The zero-order chi connectivity index (χ0) is 52.2. The monoisotopic (exact) mass is 1100 g/mol. The SMILES string of the molecule is COC(=O)C12CCC(C(=O)O)(CC1)CC2.COC(=O)C12CCC(C(N)=O)(CC1)CC2.COC(=O)C12CCC(C(N)=S)(CC1)CC2.O=C(CBr)C(F)(F)F.O=C(O)C12CCC(c3nc(F)cs3)(CC1)CC2. The number of thiazole rings is 1. The third-order valence-electron chi connectivity index (χ3n) is 18.2. The first-order chi connectivity index (χ1) is 32.7. The summed E-state index contributed by atoms with van der Waals surface area (Å²) in [5.74, 6) is -4.00. The molecule has 13 rings (SSSR count). The van der Waals surface area contributed by atoms with Gasteiger partial charge in [0.05, 0.1) is 58.7 Å². The Kier molecular flexibility index (Phi) is 17.7. The largest absolute Gasteiger partial charge is 0.481 e. The van der Waals surface area contributed by atoms with Crippen LogP contribution in [0, 0.1) is 43.9 Å². The fourth-order valence-electron chi connectivity index (χ4n) is 12.6. The zero-order valence-corrected chi connectivity index (χ0v) is 43.3. The Balaban J connectivity index is 0.000000166. The first-order valence-electron chi connectivity index (χ1n) is 23.8. The molecule has 1 amide bonds. The molecule has 12 aliphatic rings. The van der Waals surface area contributed by atoms with Crippen LogP contribution in [0.25, 0.3) is 0 Å². The smallest absolute Gasteiger partial charge is 0.450 e. The van der Waals surface area contributed by atoms with Crippen LogP contribution in [-0.2, 0) is 53.2 Å². The Hall–Kier alpha value is -3.79. The molecule has 8 bridgehead atoms. The number of nitrogens with two attached hydrogens (primary N) is 2. The number of carbonyl (C=O) groups is 7. The van der Waals surface area contributed by atoms with E-state index in [-0.39, 0.29) is 56.3 Å². The normalized spacial score (nSPS) is 35.0. The Morgan fingerprint density at radius 3 is 1.09 bits per heavy atom. The van der Waals surface area contributed by atoms with E-state index in [9.17, 15) is 61.3 Å². The number of fused-ring (bicyclic) bond motifs is 12. The van der Waals surface area contributed by atoms with Crippen molar-refractivity contribution < 1.29 is 75.5 Å². The topological polar surface area (TPSA) is 253 Å². The van der Waals surface area contributed by atoms with Crippen LogP contribution in [0.4, 0.5) is 17.6 Å². The van der Waals surface area contributed by atoms with Gasteiger partial charge in [0.25, 0.3) is 0 Å². The average molecular weight is 1100 g/mol. The summed E-state index contributed by atoms with van der Waals surface area (Å²) in [6.45, 7) is 0. The maximum Gasteiger partial charge on any atom is 0.450 e. The molecule has 0 aromatic carbocycles. The number of carboxylic acids is 2. The maximum atomic E-state index is 13.0. The van der Waals surface area contributed by atoms with Gasteiger partial charge in [-0.3, -0.25) is 33.6 Å². The van der Waals surface area contributed by atoms with E-state index in [1.807, 2.05) is 0 Å². The average Bonchev–Trinajstić information content (AvgIpc) is 3.84. The van der Waals surface area contributed by atoms with Crippen molar-refractivity contribution in [2.24, 2.45) is 49.4 Å². The lowest BCUT2D eigenvalue weighted by atomic mass is 9.53. The van der Waals surface area contributed by atoms with E-state index in [2.05, 4.69) is 20.9 Å². The number of carboxylic acid groups (broad SMARTS) is 2. The molecule has 6 N–H and O–H groups in total. The number of amides is 1. The Labute approximate surface area is 422 Å². The number of hydrogen-bond acceptors (Lipinski definition) is 13. The molecule has 392 valence electrons. The second kappa shape index (κ2) is 21.7. The number of ether oxygens (including phenoxy) is 3. The summed E-state index contributed by atoms with van der Waals surface area (Å²) in [5, 5.41) is 20.1. The minimum atomic E-state index is -4.68. The van der Waals surface area contributed by atoms with E-state index < -0.39 is 46.0 Å². The fourth-order valence-corrected chi connectivity index (χ4v) is 14.2. The molecule has 1 aromatic heterocycles. The van der Waals surface area contributed by atoms with E-state index in [0.717, 1.165) is 101 Å². The Morgan fingerprint density at radius 1 is 0.586 bits per heavy atom. The maximum absolute atomic E-state index is 13.0. The van der Waals surface area contributed by atoms with E-state index in [4.69, 9.17) is 37.9 Å². The van der Waals surface area contributed by atoms with Crippen molar-refractivity contribution in [1.82, 2.24) is 4.98 Å². The summed E-state index contributed by atoms with van der Waals surface area (Å²) in [4.78, 5) is 83.2. The fraction of sp³-hybridized carbons (Fsp3) is 0.771. The third-order valence-corrected chi connectivity index (χ3v) is 20.2. The summed E-state index contributed by atoms with van der Waals surface area (Å²) in [6.07, 6.45) is 13.9. The summed E-state index contributed by atoms with van der Waals surface area (Å²) in [5.41, 5.74) is 8.97. The molecule has 1 aromatic rings. The molecular formula is C48H66BrF4N3O12S2. The van der Waals surface area contributed by atoms with Crippen molar-refractivity contribution in [3.05, 3.63) is 16.3 Å². The van der Waals surface area contributed by atoms with Gasteiger partial charge in [0.15, 0.2) is 0 Å². The molecule has 0 unspecified atom stereocenters. The van der Waals surface area contributed by atoms with Gasteiger partial charge in [0.2, 0.25) is 17.6 Å². The number of esters is 3. The lowest BCUT2D eigenvalue weighted by Gasteiger charge is -2.51. The van der Waals surface area contributed by atoms with Crippen LogP contribution in [-0.4, -0.2) is 94.6 Å². The van der Waals surface area contributed by atoms with E-state index >= 15 is 0 Å². The van der Waals surface area contributed by atoms with Gasteiger partial charge < -0.3 is 35.9 Å². The number of nitrogens with zero attached hydrogens (tertiary/aromatic N) is 1. The van der Waals surface area contributed by atoms with Gasteiger partial charge in [-0.05, 0) is 154 Å². The van der Waals surface area contributed by atoms with Crippen molar-refractivity contribution >= 4 is 86.0 Å². The number of ketones is 1. The van der Waals surface area contributed by atoms with E-state index in [1.165, 1.54) is 38.0 Å². The molecule has 0 saturated heterocycles. The molecule has 1 heterocycles. The minimum absolute atomic E-state index is 0.0355. The standard InChI is InChI=1S/C12H14FNO2S.C11H17NO3.C11H17NO2S.C11H16O4.C3H2BrF3O/c13-8-7-17-9(14-8)11-1-4-12(5-2-11,6-3-11)10(15)16;1-15-9(14)11-5-2-10(3-6-11,4-7-11)8(12)13;1-14-9(13)11-5-2-10(3-6-11,4-7-11)8(12)15;1-15-9(14)11-5-2-10(3-6-11,4-7-11)8(12)13;4-1-2(8)3(5,6)7/h7H,1-6H2,(H,15,16);2-7H2,1H3,(H2,12,13);2-7H2,1H3,(H2,12,15);2-7H2,1H3,(H,12,13);1H2. The van der Waals surface area contributed by atoms with Crippen LogP contribution in [0.2, 0.25) is 0 Å². The molecular weight excluding hydrogens is 1030 g/mol. The zero-order valence-electron chi connectivity index (χ0n) is 40.0. The predicted molar refractivity (Wildman–Crippen MR) is 254 cm³/mol. The molecule has 0 atom stereocenters. The van der Waals surface area contributed by atoms with Crippen LogP contribution in [0.5, 0.6) is 0 Å². The second-order valence-electron chi connectivity index (χ2n) is 21.1. The number of methoxy groups -OCH3 is 3. The van der Waals surface area contributed by atoms with Gasteiger partial charge in [-0.25, -0.2) is 4.98 Å². The first kappa shape index (κ1) is 57.1. The molecule has 0 aliphatic heterocycles. The summed E-state index contributed by atoms with van der Waals surface area (Å²) in [6, 6.07) is 0. The quantitative estimate of drug-likeness (QED) is 0.0593. The summed E-state index contributed by atoms with van der Waals surface area (Å²) in [7, 11) is 4.31. The summed E-state index contributed by atoms with van der Waals surface area (Å²) >= 11 is 8.90. The molecule has 0 radical (unpaired) electrons. The van der Waals surface area contributed by atoms with Crippen molar-refractivity contribution in [1.29, 1.82) is 0 Å². The highest BCUT2D eigenvalue weighted by atomic mass is 79.9. The Bertz CT molecular complexity index is 1940. The lowest BCUT2D eigenvalue weighted by Crippen LogP contribution is -2.51. The number of halogens is 5. The van der Waals surface area contributed by atoms with Crippen LogP contribution in [0.15, 0.2) is 5.38 Å². The number of hydrogen-bond donors (Lipinski definition) is 4. The van der Waals surface area contributed by atoms with Crippen LogP contribution in [0.3, 0.4) is 0 Å². The first-order valence-corrected chi connectivity index (χ1v) is 26.2. The highest BCUT2D eigenvalue weighted by Crippen LogP contribution is 2.61. The van der Waals surface area contributed by atoms with E-state index in [0.29, 0.717) is 62.8 Å². The number of primary amides is 1. The van der Waals surface area contributed by atoms with Gasteiger partial charge in [-0.1, -0.05) is 28.1 Å². The Morgan fingerprint density at radius 2 is 0.871 bits per heavy atom. The highest BCUT2D eigenvalue weighted by molar-refractivity contribution is 9.09. The van der Waals surface area contributed by atoms with Crippen molar-refractivity contribution in [3.63, 3.8) is 0 Å². The van der Waals surface area contributed by atoms with Crippen LogP contribution >= 0.6 is 39.5 Å². The van der Waals surface area contributed by atoms with Crippen LogP contribution < -0.4 is 11.5 Å². The molecule has 12 aliphatic carbocycles. The van der Waals surface area contributed by atoms with Gasteiger partial charge in [0, 0.05) is 21.6 Å². The molecule has 22 heteroatoms. The number of aromatic nitrogens is 1. The van der Waals surface area contributed by atoms with Gasteiger partial charge in [-0.2, -0.15) is 17.6 Å². The molecule has 12 fully saturated rings. The number of alkyl halides is 4.